The Kier molecular flexibility index (Phi) is 5.69. The summed E-state index contributed by atoms with van der Waals surface area (Å²) < 4.78 is 23.8. The van der Waals surface area contributed by atoms with Crippen molar-refractivity contribution in [1.29, 1.82) is 0 Å². The van der Waals surface area contributed by atoms with Crippen LogP contribution in [0.25, 0.3) is 11.2 Å². The number of rotatable bonds is 7. The summed E-state index contributed by atoms with van der Waals surface area (Å²) in [6, 6.07) is 0. The van der Waals surface area contributed by atoms with Gasteiger partial charge >= 0.3 is 6.72 Å². The molecular formula is C14H22N5O6PS. The number of methoxy groups -OCH3 is 1. The Morgan fingerprint density at radius 2 is 2.33 bits per heavy atom. The molecule has 27 heavy (non-hydrogen) atoms. The number of nitrogens with two attached hydrogens (primary N) is 1. The highest BCUT2D eigenvalue weighted by Crippen LogP contribution is 2.51. The van der Waals surface area contributed by atoms with Crippen LogP contribution in [-0.2, 0) is 30.3 Å². The first kappa shape index (κ1) is 20.3. The van der Waals surface area contributed by atoms with E-state index in [1.54, 1.807) is 11.7 Å². The van der Waals surface area contributed by atoms with E-state index in [0.29, 0.717) is 18.5 Å². The summed E-state index contributed by atoms with van der Waals surface area (Å²) in [7, 11) is 2.84. The molecule has 0 amide bonds. The van der Waals surface area contributed by atoms with Gasteiger partial charge in [0.25, 0.3) is 5.56 Å². The lowest BCUT2D eigenvalue weighted by Gasteiger charge is -2.33. The minimum atomic E-state index is -3.42. The number of ether oxygens (including phenoxy) is 2. The first-order chi connectivity index (χ1) is 12.7. The maximum Gasteiger partial charge on any atom is 0.324 e. The number of nitrogens with one attached hydrogen (secondary N) is 1. The third kappa shape index (κ3) is 3.79. The molecule has 4 atom stereocenters. The molecule has 1 aliphatic rings. The van der Waals surface area contributed by atoms with Crippen molar-refractivity contribution in [3.8, 4) is 0 Å². The van der Waals surface area contributed by atoms with Gasteiger partial charge in [-0.1, -0.05) is 6.92 Å². The molecule has 2 aromatic rings. The van der Waals surface area contributed by atoms with Gasteiger partial charge in [0.15, 0.2) is 11.2 Å². The smallest absolute Gasteiger partial charge is 0.324 e. The molecule has 0 aliphatic carbocycles. The normalized spacial score (nSPS) is 27.9. The standard InChI is InChI=1S/C14H22N5O6PS/c1-4-14(6-22-2)8(25-26(21,27)23-3)5-9(24-14)19-7-16-10-11(19)17-13(15)18-12(10)20/h7-9H,4-6H2,1-3H3,(H,21,27)(H3,15,17,18,20)/t8?,9-,14+,26?/m1/s1. The van der Waals surface area contributed by atoms with Crippen molar-refractivity contribution in [2.75, 3.05) is 26.6 Å². The zero-order valence-corrected chi connectivity index (χ0v) is 16.8. The van der Waals surface area contributed by atoms with Crippen LogP contribution >= 0.6 is 6.72 Å². The Morgan fingerprint density at radius 1 is 1.59 bits per heavy atom. The molecule has 0 spiro atoms. The third-order valence-corrected chi connectivity index (χ3v) is 6.30. The van der Waals surface area contributed by atoms with Gasteiger partial charge in [0, 0.05) is 20.6 Å². The number of hydrogen-bond donors (Lipinski definition) is 3. The average Bonchev–Trinajstić information content (AvgIpc) is 3.17. The van der Waals surface area contributed by atoms with Gasteiger partial charge in [0.05, 0.1) is 12.9 Å². The number of hydrogen-bond acceptors (Lipinski definition) is 9. The van der Waals surface area contributed by atoms with Crippen molar-refractivity contribution in [3.63, 3.8) is 0 Å². The zero-order chi connectivity index (χ0) is 19.8. The van der Waals surface area contributed by atoms with Gasteiger partial charge in [0.2, 0.25) is 5.95 Å². The van der Waals surface area contributed by atoms with Crippen molar-refractivity contribution in [2.45, 2.75) is 37.7 Å². The molecule has 2 aromatic heterocycles. The highest BCUT2D eigenvalue weighted by atomic mass is 32.5. The monoisotopic (exact) mass is 419 g/mol. The van der Waals surface area contributed by atoms with Gasteiger partial charge < -0.3 is 29.1 Å². The van der Waals surface area contributed by atoms with Crippen LogP contribution in [-0.4, -0.2) is 56.9 Å². The fraction of sp³-hybridized carbons (Fsp3) is 0.643. The van der Waals surface area contributed by atoms with E-state index in [1.165, 1.54) is 13.4 Å². The van der Waals surface area contributed by atoms with Crippen LogP contribution in [0.1, 0.15) is 26.0 Å². The number of fused-ring (bicyclic) bond motifs is 1. The summed E-state index contributed by atoms with van der Waals surface area (Å²) in [5.74, 6) is -0.0241. The third-order valence-electron chi connectivity index (χ3n) is 4.61. The van der Waals surface area contributed by atoms with E-state index >= 15 is 0 Å². The van der Waals surface area contributed by atoms with E-state index in [0.717, 1.165) is 0 Å². The molecule has 1 fully saturated rings. The minimum absolute atomic E-state index is 0.0241. The van der Waals surface area contributed by atoms with Gasteiger partial charge in [-0.15, -0.1) is 0 Å². The SMILES string of the molecule is CC[C@@]1(COC)O[C@@H](n2cnc3c(=O)[nH]c(N)nc32)CC1OP(O)(=S)OC. The van der Waals surface area contributed by atoms with E-state index in [9.17, 15) is 9.69 Å². The van der Waals surface area contributed by atoms with E-state index < -0.39 is 30.2 Å². The van der Waals surface area contributed by atoms with Crippen LogP contribution in [0.4, 0.5) is 5.95 Å². The maximum absolute atomic E-state index is 12.0. The Bertz CT molecular complexity index is 934. The molecule has 0 aromatic carbocycles. The molecule has 0 bridgehead atoms. The second kappa shape index (κ2) is 7.55. The second-order valence-electron chi connectivity index (χ2n) is 6.18. The second-order valence-corrected chi connectivity index (χ2v) is 9.08. The predicted molar refractivity (Wildman–Crippen MR) is 101 cm³/mol. The van der Waals surface area contributed by atoms with Gasteiger partial charge in [0.1, 0.15) is 17.9 Å². The molecule has 3 heterocycles. The summed E-state index contributed by atoms with van der Waals surface area (Å²) in [6.45, 7) is -1.29. The number of aromatic amines is 1. The minimum Gasteiger partial charge on any atom is -0.382 e. The molecule has 1 saturated heterocycles. The van der Waals surface area contributed by atoms with Crippen LogP contribution < -0.4 is 11.3 Å². The summed E-state index contributed by atoms with van der Waals surface area (Å²) in [5, 5.41) is 0. The van der Waals surface area contributed by atoms with Crippen molar-refractivity contribution in [3.05, 3.63) is 16.7 Å². The molecule has 0 saturated carbocycles. The molecule has 1 aliphatic heterocycles. The fourth-order valence-electron chi connectivity index (χ4n) is 3.24. The lowest BCUT2D eigenvalue weighted by Crippen LogP contribution is -2.44. The zero-order valence-electron chi connectivity index (χ0n) is 15.1. The molecule has 11 nitrogen and oxygen atoms in total. The van der Waals surface area contributed by atoms with Crippen LogP contribution in [0.2, 0.25) is 0 Å². The highest BCUT2D eigenvalue weighted by molar-refractivity contribution is 8.07. The van der Waals surface area contributed by atoms with E-state index in [2.05, 4.69) is 15.0 Å². The van der Waals surface area contributed by atoms with Crippen molar-refractivity contribution in [1.82, 2.24) is 19.5 Å². The lowest BCUT2D eigenvalue weighted by atomic mass is 9.95. The first-order valence-electron chi connectivity index (χ1n) is 8.21. The first-order valence-corrected chi connectivity index (χ1v) is 10.8. The topological polar surface area (TPSA) is 147 Å². The highest BCUT2D eigenvalue weighted by Gasteiger charge is 2.51. The number of aromatic nitrogens is 4. The summed E-state index contributed by atoms with van der Waals surface area (Å²) in [5.41, 5.74) is 4.79. The fourth-order valence-corrected chi connectivity index (χ4v) is 4.24. The molecule has 0 radical (unpaired) electrons. The molecule has 2 unspecified atom stereocenters. The van der Waals surface area contributed by atoms with Crippen LogP contribution in [0.15, 0.2) is 11.1 Å². The molecule has 4 N–H and O–H groups in total. The number of nitrogen functional groups attached to an aromatic ring is 1. The Hall–Kier alpha value is -1.40. The van der Waals surface area contributed by atoms with Crippen molar-refractivity contribution < 1.29 is 23.4 Å². The Morgan fingerprint density at radius 3 is 2.96 bits per heavy atom. The molecule has 150 valence electrons. The quantitative estimate of drug-likeness (QED) is 0.547. The number of H-pyrrole nitrogens is 1. The van der Waals surface area contributed by atoms with Gasteiger partial charge in [-0.25, -0.2) is 4.98 Å². The largest absolute Gasteiger partial charge is 0.382 e. The van der Waals surface area contributed by atoms with E-state index in [1.807, 2.05) is 6.92 Å². The Balaban J connectivity index is 2.01. The average molecular weight is 419 g/mol. The van der Waals surface area contributed by atoms with Crippen molar-refractivity contribution >= 4 is 35.6 Å². The molecule has 13 heteroatoms. The van der Waals surface area contributed by atoms with Crippen LogP contribution in [0, 0.1) is 0 Å². The van der Waals surface area contributed by atoms with E-state index in [-0.39, 0.29) is 18.1 Å². The Labute approximate surface area is 160 Å². The van der Waals surface area contributed by atoms with Gasteiger partial charge in [-0.05, 0) is 18.2 Å². The predicted octanol–water partition coefficient (Wildman–Crippen LogP) is 0.664. The maximum atomic E-state index is 12.0. The van der Waals surface area contributed by atoms with Gasteiger partial charge in [-0.2, -0.15) is 4.98 Å². The lowest BCUT2D eigenvalue weighted by molar-refractivity contribution is -0.132. The van der Waals surface area contributed by atoms with E-state index in [4.69, 9.17) is 36.1 Å². The molecular weight excluding hydrogens is 397 g/mol. The number of anilines is 1. The summed E-state index contributed by atoms with van der Waals surface area (Å²) in [6.07, 6.45) is 1.14. The van der Waals surface area contributed by atoms with Crippen LogP contribution in [0.5, 0.6) is 0 Å². The number of imidazole rings is 1. The number of nitrogens with zero attached hydrogens (tertiary/aromatic N) is 3. The molecule has 3 rings (SSSR count). The summed E-state index contributed by atoms with van der Waals surface area (Å²) in [4.78, 5) is 32.8. The summed E-state index contributed by atoms with van der Waals surface area (Å²) >= 11 is 5.00. The van der Waals surface area contributed by atoms with Crippen molar-refractivity contribution in [2.24, 2.45) is 0 Å². The van der Waals surface area contributed by atoms with Gasteiger partial charge in [-0.3, -0.25) is 14.3 Å². The van der Waals surface area contributed by atoms with Crippen LogP contribution in [0.3, 0.4) is 0 Å².